The number of pyridine rings is 2. The molecular weight excluding hydrogens is 567 g/mol. The van der Waals surface area contributed by atoms with E-state index in [1.807, 2.05) is 60.7 Å². The van der Waals surface area contributed by atoms with Crippen LogP contribution in [0.25, 0.3) is 22.5 Å². The molecule has 4 rings (SSSR count). The Labute approximate surface area is 197 Å². The SMILES string of the molecule is CC(C)(C)c1ccc(O)c(-c2cccc(-c3[c-]c(Oc4ccccn4)ccc3)n2)c1.[Pt]. The van der Waals surface area contributed by atoms with Crippen LogP contribution in [0.3, 0.4) is 0 Å². The molecule has 5 heteroatoms. The van der Waals surface area contributed by atoms with Crippen molar-refractivity contribution in [1.82, 2.24) is 9.97 Å². The summed E-state index contributed by atoms with van der Waals surface area (Å²) in [6.07, 6.45) is 1.68. The molecule has 0 amide bonds. The summed E-state index contributed by atoms with van der Waals surface area (Å²) in [5, 5.41) is 10.4. The Kier molecular flexibility index (Phi) is 6.92. The Morgan fingerprint density at radius 2 is 1.65 bits per heavy atom. The van der Waals surface area contributed by atoms with Crippen LogP contribution in [0.5, 0.6) is 17.4 Å². The van der Waals surface area contributed by atoms with Crippen LogP contribution in [0.1, 0.15) is 26.3 Å². The molecule has 0 saturated heterocycles. The van der Waals surface area contributed by atoms with Crippen LogP contribution in [0.4, 0.5) is 0 Å². The van der Waals surface area contributed by atoms with E-state index in [0.29, 0.717) is 22.9 Å². The summed E-state index contributed by atoms with van der Waals surface area (Å²) >= 11 is 0. The van der Waals surface area contributed by atoms with E-state index in [1.54, 1.807) is 18.3 Å². The Hall–Kier alpha value is -2.97. The van der Waals surface area contributed by atoms with Gasteiger partial charge in [0, 0.05) is 44.6 Å². The Balaban J connectivity index is 0.00000272. The van der Waals surface area contributed by atoms with E-state index in [0.717, 1.165) is 16.8 Å². The second kappa shape index (κ2) is 9.45. The number of benzene rings is 2. The normalized spacial score (nSPS) is 10.9. The predicted molar refractivity (Wildman–Crippen MR) is 119 cm³/mol. The average molecular weight is 591 g/mol. The van der Waals surface area contributed by atoms with Gasteiger partial charge in [0.15, 0.2) is 0 Å². The molecule has 160 valence electrons. The van der Waals surface area contributed by atoms with Crippen LogP contribution in [-0.2, 0) is 26.5 Å². The summed E-state index contributed by atoms with van der Waals surface area (Å²) in [7, 11) is 0. The Bertz CT molecular complexity index is 1170. The zero-order valence-corrected chi connectivity index (χ0v) is 19.8. The molecule has 0 spiro atoms. The summed E-state index contributed by atoms with van der Waals surface area (Å²) in [6, 6.07) is 25.9. The van der Waals surface area contributed by atoms with Crippen LogP contribution in [0.2, 0.25) is 0 Å². The van der Waals surface area contributed by atoms with Crippen LogP contribution in [0.15, 0.2) is 79.0 Å². The molecular formula is C26H23N2O2Pt-. The van der Waals surface area contributed by atoms with Gasteiger partial charge in [0.05, 0.1) is 5.69 Å². The number of nitrogens with zero attached hydrogens (tertiary/aromatic N) is 2. The van der Waals surface area contributed by atoms with Gasteiger partial charge in [-0.1, -0.05) is 51.1 Å². The maximum Gasteiger partial charge on any atom is 0.217 e. The minimum atomic E-state index is -0.0228. The first-order valence-corrected chi connectivity index (χ1v) is 9.83. The fourth-order valence-electron chi connectivity index (χ4n) is 3.12. The average Bonchev–Trinajstić information content (AvgIpc) is 2.74. The topological polar surface area (TPSA) is 55.2 Å². The third-order valence-electron chi connectivity index (χ3n) is 4.78. The summed E-state index contributed by atoms with van der Waals surface area (Å²) in [6.45, 7) is 6.44. The van der Waals surface area contributed by atoms with Crippen LogP contribution in [-0.4, -0.2) is 15.1 Å². The molecule has 0 fully saturated rings. The Morgan fingerprint density at radius 1 is 0.871 bits per heavy atom. The zero-order valence-electron chi connectivity index (χ0n) is 17.6. The van der Waals surface area contributed by atoms with Crippen LogP contribution in [0, 0.1) is 6.07 Å². The van der Waals surface area contributed by atoms with Crippen molar-refractivity contribution < 1.29 is 30.9 Å². The van der Waals surface area contributed by atoms with Gasteiger partial charge in [-0.25, -0.2) is 4.98 Å². The number of hydrogen-bond donors (Lipinski definition) is 1. The number of phenols is 1. The van der Waals surface area contributed by atoms with Crippen molar-refractivity contribution in [3.05, 3.63) is 90.6 Å². The Morgan fingerprint density at radius 3 is 2.39 bits per heavy atom. The number of rotatable bonds is 4. The predicted octanol–water partition coefficient (Wildman–Crippen LogP) is 6.40. The number of aromatic hydroxyl groups is 1. The first-order chi connectivity index (χ1) is 14.4. The van der Waals surface area contributed by atoms with Crippen molar-refractivity contribution in [2.24, 2.45) is 0 Å². The zero-order chi connectivity index (χ0) is 21.1. The molecule has 0 atom stereocenters. The summed E-state index contributed by atoms with van der Waals surface area (Å²) in [5.41, 5.74) is 4.09. The van der Waals surface area contributed by atoms with E-state index in [4.69, 9.17) is 9.72 Å². The van der Waals surface area contributed by atoms with Crippen LogP contribution >= 0.6 is 0 Å². The van der Waals surface area contributed by atoms with Crippen molar-refractivity contribution in [2.45, 2.75) is 26.2 Å². The van der Waals surface area contributed by atoms with Gasteiger partial charge in [0.2, 0.25) is 5.88 Å². The second-order valence-electron chi connectivity index (χ2n) is 8.09. The molecule has 0 saturated carbocycles. The van der Waals surface area contributed by atoms with Gasteiger partial charge in [0.25, 0.3) is 0 Å². The third-order valence-corrected chi connectivity index (χ3v) is 4.78. The standard InChI is InChI=1S/C26H23N2O2.Pt/c1-26(2,3)19-13-14-24(29)21(17-19)23-11-7-10-22(28-23)18-8-6-9-20(16-18)30-25-12-4-5-15-27-25;/h4-15,17,29H,1-3H3;/q-1;. The monoisotopic (exact) mass is 590 g/mol. The molecule has 0 aliphatic rings. The molecule has 0 bridgehead atoms. The maximum absolute atomic E-state index is 10.4. The van der Waals surface area contributed by atoms with Gasteiger partial charge in [0.1, 0.15) is 5.75 Å². The van der Waals surface area contributed by atoms with E-state index in [2.05, 4.69) is 31.8 Å². The van der Waals surface area contributed by atoms with Crippen molar-refractivity contribution in [3.8, 4) is 39.9 Å². The summed E-state index contributed by atoms with van der Waals surface area (Å²) in [5.74, 6) is 1.29. The van der Waals surface area contributed by atoms with E-state index in [-0.39, 0.29) is 32.2 Å². The number of phenolic OH excluding ortho intramolecular Hbond substituents is 1. The maximum atomic E-state index is 10.4. The van der Waals surface area contributed by atoms with Gasteiger partial charge >= 0.3 is 0 Å². The van der Waals surface area contributed by atoms with Gasteiger partial charge < -0.3 is 9.84 Å². The van der Waals surface area contributed by atoms with E-state index in [9.17, 15) is 5.11 Å². The fraction of sp³-hybridized carbons (Fsp3) is 0.154. The van der Waals surface area contributed by atoms with Crippen molar-refractivity contribution >= 4 is 0 Å². The molecule has 4 nitrogen and oxygen atoms in total. The first kappa shape index (κ1) is 22.7. The fourth-order valence-corrected chi connectivity index (χ4v) is 3.12. The van der Waals surface area contributed by atoms with Crippen LogP contribution < -0.4 is 4.74 Å². The van der Waals surface area contributed by atoms with E-state index < -0.39 is 0 Å². The summed E-state index contributed by atoms with van der Waals surface area (Å²) in [4.78, 5) is 8.97. The van der Waals surface area contributed by atoms with E-state index in [1.165, 1.54) is 0 Å². The third kappa shape index (κ3) is 5.39. The van der Waals surface area contributed by atoms with Gasteiger partial charge in [-0.3, -0.25) is 4.98 Å². The molecule has 0 unspecified atom stereocenters. The van der Waals surface area contributed by atoms with Crippen molar-refractivity contribution in [2.75, 3.05) is 0 Å². The van der Waals surface area contributed by atoms with Gasteiger partial charge in [-0.15, -0.1) is 23.8 Å². The molecule has 2 aromatic carbocycles. The minimum Gasteiger partial charge on any atom is -0.507 e. The van der Waals surface area contributed by atoms with Gasteiger partial charge in [-0.05, 0) is 40.9 Å². The molecule has 2 heterocycles. The smallest absolute Gasteiger partial charge is 0.217 e. The molecule has 2 aromatic heterocycles. The molecule has 1 N–H and O–H groups in total. The van der Waals surface area contributed by atoms with Crippen molar-refractivity contribution in [3.63, 3.8) is 0 Å². The van der Waals surface area contributed by atoms with Gasteiger partial charge in [-0.2, -0.15) is 0 Å². The first-order valence-electron chi connectivity index (χ1n) is 9.83. The molecule has 0 radical (unpaired) electrons. The quantitative estimate of drug-likeness (QED) is 0.280. The number of aromatic nitrogens is 2. The van der Waals surface area contributed by atoms with E-state index >= 15 is 0 Å². The van der Waals surface area contributed by atoms with Crippen molar-refractivity contribution in [1.29, 1.82) is 0 Å². The minimum absolute atomic E-state index is 0. The second-order valence-corrected chi connectivity index (χ2v) is 8.09. The summed E-state index contributed by atoms with van der Waals surface area (Å²) < 4.78 is 5.79. The number of hydrogen-bond acceptors (Lipinski definition) is 4. The molecule has 0 aliphatic carbocycles. The number of ether oxygens (including phenoxy) is 1. The molecule has 0 aliphatic heterocycles. The molecule has 31 heavy (non-hydrogen) atoms. The largest absolute Gasteiger partial charge is 0.507 e. The molecule has 4 aromatic rings.